The Morgan fingerprint density at radius 1 is 1.47 bits per heavy atom. The predicted octanol–water partition coefficient (Wildman–Crippen LogP) is 2.24. The minimum absolute atomic E-state index is 0.192. The summed E-state index contributed by atoms with van der Waals surface area (Å²) >= 11 is 3.12. The first-order chi connectivity index (χ1) is 7.86. The average molecular weight is 324 g/mol. The van der Waals surface area contributed by atoms with Gasteiger partial charge in [0.05, 0.1) is 11.0 Å². The van der Waals surface area contributed by atoms with E-state index in [1.165, 1.54) is 12.1 Å². The number of rotatable bonds is 5. The molecule has 1 aromatic rings. The van der Waals surface area contributed by atoms with Gasteiger partial charge in [0.15, 0.2) is 9.84 Å². The van der Waals surface area contributed by atoms with Gasteiger partial charge in [0.25, 0.3) is 0 Å². The molecule has 0 aliphatic rings. The number of hydrogen-bond donors (Lipinski definition) is 1. The van der Waals surface area contributed by atoms with Crippen LogP contribution in [-0.2, 0) is 15.6 Å². The first-order valence-corrected chi connectivity index (χ1v) is 7.73. The summed E-state index contributed by atoms with van der Waals surface area (Å²) in [7, 11) is -3.35. The van der Waals surface area contributed by atoms with E-state index in [9.17, 15) is 12.8 Å². The molecule has 1 aromatic carbocycles. The van der Waals surface area contributed by atoms with Crippen LogP contribution in [0.15, 0.2) is 22.7 Å². The molecule has 0 spiro atoms. The normalized spacial score (nSPS) is 13.6. The average Bonchev–Trinajstić information content (AvgIpc) is 2.22. The maximum Gasteiger partial charge on any atom is 0.157 e. The van der Waals surface area contributed by atoms with Crippen LogP contribution in [-0.4, -0.2) is 20.2 Å². The Morgan fingerprint density at radius 3 is 2.65 bits per heavy atom. The molecule has 96 valence electrons. The molecule has 1 rings (SSSR count). The maximum absolute atomic E-state index is 13.5. The van der Waals surface area contributed by atoms with Gasteiger partial charge in [-0.15, -0.1) is 0 Å². The van der Waals surface area contributed by atoms with Crippen molar-refractivity contribution in [2.75, 3.05) is 6.54 Å². The largest absolute Gasteiger partial charge is 0.330 e. The summed E-state index contributed by atoms with van der Waals surface area (Å²) in [6.07, 6.45) is 0.389. The van der Waals surface area contributed by atoms with E-state index in [0.717, 1.165) is 0 Å². The molecule has 1 unspecified atom stereocenters. The highest BCUT2D eigenvalue weighted by Crippen LogP contribution is 2.19. The lowest BCUT2D eigenvalue weighted by Crippen LogP contribution is -2.23. The second-order valence-electron chi connectivity index (χ2n) is 3.93. The second-order valence-corrected chi connectivity index (χ2v) is 7.27. The summed E-state index contributed by atoms with van der Waals surface area (Å²) in [6.45, 7) is 1.90. The smallest absolute Gasteiger partial charge is 0.157 e. The third kappa shape index (κ3) is 4.04. The van der Waals surface area contributed by atoms with Crippen LogP contribution in [0.1, 0.15) is 18.9 Å². The van der Waals surface area contributed by atoms with Crippen molar-refractivity contribution >= 4 is 25.8 Å². The van der Waals surface area contributed by atoms with Gasteiger partial charge in [-0.05, 0) is 32.0 Å². The van der Waals surface area contributed by atoms with E-state index in [1.807, 2.05) is 0 Å². The Bertz CT molecular complexity index is 490. The van der Waals surface area contributed by atoms with Crippen LogP contribution in [0, 0.1) is 5.82 Å². The van der Waals surface area contributed by atoms with Gasteiger partial charge >= 0.3 is 0 Å². The molecular formula is C11H15BrFNO2S. The van der Waals surface area contributed by atoms with Crippen LogP contribution < -0.4 is 5.73 Å². The van der Waals surface area contributed by atoms with E-state index < -0.39 is 20.9 Å². The molecule has 2 N–H and O–H groups in total. The third-order valence-corrected chi connectivity index (χ3v) is 5.23. The van der Waals surface area contributed by atoms with Crippen LogP contribution in [0.5, 0.6) is 0 Å². The fourth-order valence-electron chi connectivity index (χ4n) is 1.41. The number of halogens is 2. The number of benzene rings is 1. The SMILES string of the molecule is CC(CCN)S(=O)(=O)Cc1ccc(Br)cc1F. The van der Waals surface area contributed by atoms with Crippen molar-refractivity contribution < 1.29 is 12.8 Å². The van der Waals surface area contributed by atoms with E-state index in [-0.39, 0.29) is 11.3 Å². The van der Waals surface area contributed by atoms with Gasteiger partial charge in [0.2, 0.25) is 0 Å². The van der Waals surface area contributed by atoms with Crippen molar-refractivity contribution in [3.63, 3.8) is 0 Å². The van der Waals surface area contributed by atoms with Crippen LogP contribution >= 0.6 is 15.9 Å². The second kappa shape index (κ2) is 5.93. The van der Waals surface area contributed by atoms with Crippen molar-refractivity contribution in [2.24, 2.45) is 5.73 Å². The van der Waals surface area contributed by atoms with Crippen molar-refractivity contribution in [3.05, 3.63) is 34.1 Å². The Morgan fingerprint density at radius 2 is 2.12 bits per heavy atom. The fraction of sp³-hybridized carbons (Fsp3) is 0.455. The highest BCUT2D eigenvalue weighted by molar-refractivity contribution is 9.10. The van der Waals surface area contributed by atoms with Crippen LogP contribution in [0.3, 0.4) is 0 Å². The van der Waals surface area contributed by atoms with Gasteiger partial charge in [-0.3, -0.25) is 0 Å². The fourth-order valence-corrected chi connectivity index (χ4v) is 3.19. The molecule has 0 radical (unpaired) electrons. The third-order valence-electron chi connectivity index (χ3n) is 2.56. The van der Waals surface area contributed by atoms with E-state index in [4.69, 9.17) is 5.73 Å². The van der Waals surface area contributed by atoms with E-state index in [2.05, 4.69) is 15.9 Å². The molecule has 0 bridgehead atoms. The van der Waals surface area contributed by atoms with Crippen LogP contribution in [0.2, 0.25) is 0 Å². The van der Waals surface area contributed by atoms with Crippen molar-refractivity contribution in [2.45, 2.75) is 24.3 Å². The predicted molar refractivity (Wildman–Crippen MR) is 69.9 cm³/mol. The topological polar surface area (TPSA) is 60.2 Å². The maximum atomic E-state index is 13.5. The van der Waals surface area contributed by atoms with Gasteiger partial charge < -0.3 is 5.73 Å². The molecular weight excluding hydrogens is 309 g/mol. The highest BCUT2D eigenvalue weighted by Gasteiger charge is 2.22. The number of sulfone groups is 1. The van der Waals surface area contributed by atoms with E-state index in [1.54, 1.807) is 13.0 Å². The summed E-state index contributed by atoms with van der Waals surface area (Å²) in [4.78, 5) is 0. The lowest BCUT2D eigenvalue weighted by molar-refractivity contribution is 0.571. The summed E-state index contributed by atoms with van der Waals surface area (Å²) in [5.41, 5.74) is 5.52. The minimum Gasteiger partial charge on any atom is -0.330 e. The van der Waals surface area contributed by atoms with Crippen molar-refractivity contribution in [3.8, 4) is 0 Å². The zero-order valence-electron chi connectivity index (χ0n) is 9.49. The Hall–Kier alpha value is -0.460. The van der Waals surface area contributed by atoms with Gasteiger partial charge in [-0.2, -0.15) is 0 Å². The molecule has 0 aliphatic heterocycles. The van der Waals surface area contributed by atoms with Gasteiger partial charge in [0, 0.05) is 10.0 Å². The van der Waals surface area contributed by atoms with Crippen LogP contribution in [0.4, 0.5) is 4.39 Å². The Kier molecular flexibility index (Phi) is 5.09. The molecule has 0 fully saturated rings. The minimum atomic E-state index is -3.35. The zero-order valence-corrected chi connectivity index (χ0v) is 11.9. The molecule has 0 heterocycles. The Balaban J connectivity index is 2.90. The standard InChI is InChI=1S/C11H15BrFNO2S/c1-8(4-5-14)17(15,16)7-9-2-3-10(12)6-11(9)13/h2-3,6,8H,4-5,7,14H2,1H3. The number of nitrogens with two attached hydrogens (primary N) is 1. The van der Waals surface area contributed by atoms with Crippen molar-refractivity contribution in [1.82, 2.24) is 0 Å². The summed E-state index contributed by atoms with van der Waals surface area (Å²) < 4.78 is 37.9. The molecule has 0 aromatic heterocycles. The highest BCUT2D eigenvalue weighted by atomic mass is 79.9. The first kappa shape index (κ1) is 14.6. The van der Waals surface area contributed by atoms with E-state index >= 15 is 0 Å². The first-order valence-electron chi connectivity index (χ1n) is 5.22. The molecule has 17 heavy (non-hydrogen) atoms. The summed E-state index contributed by atoms with van der Waals surface area (Å²) in [6, 6.07) is 4.37. The van der Waals surface area contributed by atoms with E-state index in [0.29, 0.717) is 17.4 Å². The summed E-state index contributed by atoms with van der Waals surface area (Å²) in [5.74, 6) is -0.796. The molecule has 1 atom stereocenters. The molecule has 0 amide bonds. The molecule has 6 heteroatoms. The summed E-state index contributed by atoms with van der Waals surface area (Å²) in [5, 5.41) is -0.546. The number of hydrogen-bond acceptors (Lipinski definition) is 3. The van der Waals surface area contributed by atoms with Gasteiger partial charge in [0.1, 0.15) is 5.82 Å². The van der Waals surface area contributed by atoms with Crippen LogP contribution in [0.25, 0.3) is 0 Å². The Labute approximate surface area is 109 Å². The lowest BCUT2D eigenvalue weighted by atomic mass is 10.2. The lowest BCUT2D eigenvalue weighted by Gasteiger charge is -2.12. The molecule has 0 aliphatic carbocycles. The zero-order chi connectivity index (χ0) is 13.1. The molecule has 0 saturated carbocycles. The quantitative estimate of drug-likeness (QED) is 0.904. The molecule has 0 saturated heterocycles. The van der Waals surface area contributed by atoms with Crippen molar-refractivity contribution in [1.29, 1.82) is 0 Å². The molecule has 3 nitrogen and oxygen atoms in total. The van der Waals surface area contributed by atoms with Gasteiger partial charge in [-0.25, -0.2) is 12.8 Å². The van der Waals surface area contributed by atoms with Gasteiger partial charge in [-0.1, -0.05) is 22.0 Å². The monoisotopic (exact) mass is 323 g/mol.